The van der Waals surface area contributed by atoms with Crippen LogP contribution < -0.4 is 0 Å². The molecule has 13 heavy (non-hydrogen) atoms. The summed E-state index contributed by atoms with van der Waals surface area (Å²) in [6.07, 6.45) is 1.22. The summed E-state index contributed by atoms with van der Waals surface area (Å²) in [6, 6.07) is 9.31. The van der Waals surface area contributed by atoms with Gasteiger partial charge < -0.3 is 6.92 Å². The molecule has 1 nitrogen and oxygen atoms in total. The van der Waals surface area contributed by atoms with E-state index in [1.54, 1.807) is 0 Å². The topological polar surface area (TPSA) is 17.1 Å². The van der Waals surface area contributed by atoms with Crippen molar-refractivity contribution in [2.24, 2.45) is 0 Å². The molecule has 0 unspecified atom stereocenters. The molecule has 0 spiro atoms. The van der Waals surface area contributed by atoms with Crippen LogP contribution in [-0.2, 0) is 14.8 Å². The Morgan fingerprint density at radius 2 is 1.85 bits per heavy atom. The Kier molecular flexibility index (Phi) is 8.99. The zero-order valence-electron chi connectivity index (χ0n) is 7.50. The molecule has 0 N–H and O–H groups in total. The predicted octanol–water partition coefficient (Wildman–Crippen LogP) is 3.37. The van der Waals surface area contributed by atoms with Crippen molar-refractivity contribution in [3.8, 4) is 0 Å². The van der Waals surface area contributed by atoms with Crippen molar-refractivity contribution in [1.29, 1.82) is 0 Å². The third-order valence-corrected chi connectivity index (χ3v) is 1.50. The molecule has 0 aromatic heterocycles. The van der Waals surface area contributed by atoms with Gasteiger partial charge in [0.25, 0.3) is 0 Å². The van der Waals surface area contributed by atoms with Crippen LogP contribution in [0.4, 0.5) is 0 Å². The molecule has 66 valence electrons. The van der Waals surface area contributed by atoms with E-state index >= 15 is 0 Å². The van der Waals surface area contributed by atoms with Gasteiger partial charge in [-0.15, -0.1) is 0 Å². The van der Waals surface area contributed by atoms with Gasteiger partial charge in [-0.25, -0.2) is 0 Å². The second kappa shape index (κ2) is 8.82. The Balaban J connectivity index is 0.000000671. The SMILES string of the molecule is [CH2-]CCC(=O)c1ccccc1.[Zn+][I]. The van der Waals surface area contributed by atoms with E-state index in [-0.39, 0.29) is 5.78 Å². The minimum atomic E-state index is 0.181. The van der Waals surface area contributed by atoms with Crippen molar-refractivity contribution in [2.45, 2.75) is 12.8 Å². The van der Waals surface area contributed by atoms with E-state index in [0.29, 0.717) is 12.8 Å². The molecule has 0 aliphatic heterocycles. The molecule has 1 rings (SSSR count). The zero-order valence-corrected chi connectivity index (χ0v) is 12.6. The number of ketones is 1. The first-order valence-corrected chi connectivity index (χ1v) is 13.0. The average molecular weight is 339 g/mol. The van der Waals surface area contributed by atoms with Crippen molar-refractivity contribution in [2.75, 3.05) is 0 Å². The maximum atomic E-state index is 11.2. The fourth-order valence-corrected chi connectivity index (χ4v) is 0.929. The molecule has 1 aromatic rings. The number of carbonyl (C=O) groups excluding carboxylic acids is 1. The van der Waals surface area contributed by atoms with Gasteiger partial charge in [0, 0.05) is 5.56 Å². The number of benzene rings is 1. The molecule has 1 aromatic carbocycles. The second-order valence-electron chi connectivity index (χ2n) is 2.39. The molecule has 0 bridgehead atoms. The summed E-state index contributed by atoms with van der Waals surface area (Å²) in [4.78, 5) is 11.2. The van der Waals surface area contributed by atoms with Gasteiger partial charge in [0.2, 0.25) is 0 Å². The van der Waals surface area contributed by atoms with Crippen molar-refractivity contribution in [3.05, 3.63) is 42.8 Å². The van der Waals surface area contributed by atoms with Gasteiger partial charge in [0.1, 0.15) is 0 Å². The minimum absolute atomic E-state index is 0.181. The van der Waals surface area contributed by atoms with E-state index in [1.165, 1.54) is 14.8 Å². The van der Waals surface area contributed by atoms with Crippen LogP contribution in [0.2, 0.25) is 0 Å². The van der Waals surface area contributed by atoms with Crippen LogP contribution in [0.1, 0.15) is 23.2 Å². The third-order valence-electron chi connectivity index (χ3n) is 1.50. The van der Waals surface area contributed by atoms with Gasteiger partial charge in [0.05, 0.1) is 0 Å². The monoisotopic (exact) mass is 338 g/mol. The Labute approximate surface area is 100 Å². The standard InChI is InChI=1S/C10H11O.HI.Zn/c1-2-6-10(11)9-7-4-3-5-8-9;;/h3-5,7-8H,1-2,6H2;1H;/q-1;;+2/p-1. The first kappa shape index (κ1) is 13.2. The van der Waals surface area contributed by atoms with Crippen LogP contribution in [-0.4, -0.2) is 5.78 Å². The molecule has 0 heterocycles. The second-order valence-corrected chi connectivity index (χ2v) is 2.39. The molecule has 0 atom stereocenters. The molecule has 0 saturated carbocycles. The number of rotatable bonds is 3. The summed E-state index contributed by atoms with van der Waals surface area (Å²) < 4.78 is 0. The summed E-state index contributed by atoms with van der Waals surface area (Å²) >= 11 is 3.62. The Hall–Kier alpha value is 0.243. The van der Waals surface area contributed by atoms with Crippen molar-refractivity contribution >= 4 is 25.5 Å². The summed E-state index contributed by atoms with van der Waals surface area (Å²) in [5.74, 6) is 0.181. The van der Waals surface area contributed by atoms with E-state index in [9.17, 15) is 4.79 Å². The molecule has 0 radical (unpaired) electrons. The summed E-state index contributed by atoms with van der Waals surface area (Å²) in [5, 5.41) is 0. The summed E-state index contributed by atoms with van der Waals surface area (Å²) in [5.41, 5.74) is 0.788. The Bertz CT molecular complexity index is 236. The van der Waals surface area contributed by atoms with Gasteiger partial charge in [-0.2, -0.15) is 6.42 Å². The first-order chi connectivity index (χ1) is 6.34. The quantitative estimate of drug-likeness (QED) is 0.357. The van der Waals surface area contributed by atoms with Crippen LogP contribution in [0.15, 0.2) is 30.3 Å². The molecule has 0 amide bonds. The van der Waals surface area contributed by atoms with Gasteiger partial charge in [0.15, 0.2) is 5.78 Å². The number of hydrogen-bond donors (Lipinski definition) is 0. The molecule has 0 fully saturated rings. The number of halogens is 1. The van der Waals surface area contributed by atoms with E-state index in [4.69, 9.17) is 0 Å². The molecule has 3 heteroatoms. The third kappa shape index (κ3) is 5.53. The van der Waals surface area contributed by atoms with E-state index in [0.717, 1.165) is 5.56 Å². The summed E-state index contributed by atoms with van der Waals surface area (Å²) in [6.45, 7) is 3.63. The number of hydrogen-bond acceptors (Lipinski definition) is 1. The van der Waals surface area contributed by atoms with Crippen molar-refractivity contribution < 1.29 is 19.6 Å². The van der Waals surface area contributed by atoms with Crippen LogP contribution in [0.25, 0.3) is 0 Å². The van der Waals surface area contributed by atoms with E-state index in [1.807, 2.05) is 30.3 Å². The number of Topliss-reactive ketones (excluding diaryl/α,β-unsaturated/α-hetero) is 1. The molecular formula is C10H11IOZn. The zero-order chi connectivity index (χ0) is 10.1. The van der Waals surface area contributed by atoms with Gasteiger partial charge in [-0.1, -0.05) is 30.3 Å². The molecule has 0 aliphatic carbocycles. The van der Waals surface area contributed by atoms with E-state index in [2.05, 4.69) is 26.7 Å². The van der Waals surface area contributed by atoms with Gasteiger partial charge in [-0.05, 0) is 6.42 Å². The fraction of sp³-hybridized carbons (Fsp3) is 0.200. The normalized spacial score (nSPS) is 8.62. The van der Waals surface area contributed by atoms with Gasteiger partial charge in [-0.3, -0.25) is 4.79 Å². The van der Waals surface area contributed by atoms with Crippen molar-refractivity contribution in [3.63, 3.8) is 0 Å². The Morgan fingerprint density at radius 3 is 2.31 bits per heavy atom. The van der Waals surface area contributed by atoms with Crippen LogP contribution in [0.5, 0.6) is 0 Å². The fourth-order valence-electron chi connectivity index (χ4n) is 0.929. The maximum absolute atomic E-state index is 11.2. The van der Waals surface area contributed by atoms with E-state index < -0.39 is 0 Å². The van der Waals surface area contributed by atoms with Gasteiger partial charge >= 0.3 is 34.5 Å². The molecule has 0 saturated heterocycles. The van der Waals surface area contributed by atoms with Crippen LogP contribution >= 0.6 is 19.8 Å². The Morgan fingerprint density at radius 1 is 1.31 bits per heavy atom. The van der Waals surface area contributed by atoms with Crippen molar-refractivity contribution in [1.82, 2.24) is 0 Å². The average Bonchev–Trinajstić information content (AvgIpc) is 2.23. The number of carbonyl (C=O) groups is 1. The van der Waals surface area contributed by atoms with Crippen LogP contribution in [0, 0.1) is 6.92 Å². The summed E-state index contributed by atoms with van der Waals surface area (Å²) in [7, 11) is 0. The first-order valence-electron chi connectivity index (χ1n) is 3.99. The molecular weight excluding hydrogens is 328 g/mol. The predicted molar refractivity (Wildman–Crippen MR) is 59.4 cm³/mol. The molecule has 0 aliphatic rings. The van der Waals surface area contributed by atoms with Crippen LogP contribution in [0.3, 0.4) is 0 Å².